The van der Waals surface area contributed by atoms with Gasteiger partial charge < -0.3 is 15.8 Å². The summed E-state index contributed by atoms with van der Waals surface area (Å²) in [5.74, 6) is 0.531. The van der Waals surface area contributed by atoms with Crippen LogP contribution in [-0.4, -0.2) is 18.3 Å². The van der Waals surface area contributed by atoms with Gasteiger partial charge in [0.15, 0.2) is 0 Å². The maximum absolute atomic E-state index is 11.6. The van der Waals surface area contributed by atoms with Crippen LogP contribution in [0.3, 0.4) is 0 Å². The molecule has 0 saturated carbocycles. The zero-order chi connectivity index (χ0) is 13.7. The number of carbonyl (C=O) groups is 1. The summed E-state index contributed by atoms with van der Waals surface area (Å²) >= 11 is 0. The van der Waals surface area contributed by atoms with Crippen molar-refractivity contribution in [2.75, 3.05) is 11.9 Å². The number of nitrogens with two attached hydrogens (primary N) is 1. The summed E-state index contributed by atoms with van der Waals surface area (Å²) in [4.78, 5) is 11.6. The lowest BCUT2D eigenvalue weighted by atomic mass is 10.1. The Hall–Kier alpha value is -2.04. The van der Waals surface area contributed by atoms with Gasteiger partial charge in [0.1, 0.15) is 18.2 Å². The summed E-state index contributed by atoms with van der Waals surface area (Å²) < 4.78 is 5.29. The number of hydrogen-bond acceptors (Lipinski definition) is 3. The number of amidine groups is 1. The third kappa shape index (κ3) is 4.08. The van der Waals surface area contributed by atoms with Crippen LogP contribution in [0.5, 0.6) is 5.75 Å². The number of benzene rings is 1. The fourth-order valence-electron chi connectivity index (χ4n) is 1.30. The van der Waals surface area contributed by atoms with Crippen LogP contribution < -0.4 is 15.8 Å². The number of nitrogens with one attached hydrogen (secondary N) is 2. The lowest BCUT2D eigenvalue weighted by Gasteiger charge is -2.12. The first-order valence-corrected chi connectivity index (χ1v) is 5.77. The summed E-state index contributed by atoms with van der Waals surface area (Å²) in [5, 5.41) is 9.92. The van der Waals surface area contributed by atoms with Crippen LogP contribution >= 0.6 is 0 Å². The third-order valence-corrected chi connectivity index (χ3v) is 2.37. The van der Waals surface area contributed by atoms with Gasteiger partial charge in [-0.3, -0.25) is 10.2 Å². The van der Waals surface area contributed by atoms with E-state index in [1.807, 2.05) is 20.8 Å². The Kier molecular flexibility index (Phi) is 4.71. The maximum atomic E-state index is 11.6. The van der Waals surface area contributed by atoms with Crippen molar-refractivity contribution < 1.29 is 9.53 Å². The second-order valence-electron chi connectivity index (χ2n) is 4.43. The van der Waals surface area contributed by atoms with Crippen LogP contribution in [0.2, 0.25) is 0 Å². The predicted molar refractivity (Wildman–Crippen MR) is 72.1 cm³/mol. The molecule has 1 aromatic carbocycles. The van der Waals surface area contributed by atoms with Crippen molar-refractivity contribution in [3.8, 4) is 5.75 Å². The molecule has 0 saturated heterocycles. The molecule has 1 rings (SSSR count). The molecule has 5 nitrogen and oxygen atoms in total. The lowest BCUT2D eigenvalue weighted by molar-refractivity contribution is -0.118. The zero-order valence-electron chi connectivity index (χ0n) is 10.9. The molecule has 1 amide bonds. The number of ether oxygens (including phenoxy) is 1. The molecule has 0 unspecified atom stereocenters. The second kappa shape index (κ2) is 6.05. The number of anilines is 1. The first-order chi connectivity index (χ1) is 8.40. The average molecular weight is 249 g/mol. The van der Waals surface area contributed by atoms with Crippen molar-refractivity contribution in [3.63, 3.8) is 0 Å². The molecule has 4 N–H and O–H groups in total. The Labute approximate surface area is 107 Å². The topological polar surface area (TPSA) is 88.2 Å². The van der Waals surface area contributed by atoms with E-state index in [-0.39, 0.29) is 24.3 Å². The van der Waals surface area contributed by atoms with Gasteiger partial charge >= 0.3 is 0 Å². The van der Waals surface area contributed by atoms with E-state index in [0.29, 0.717) is 5.75 Å². The first-order valence-electron chi connectivity index (χ1n) is 5.77. The van der Waals surface area contributed by atoms with Gasteiger partial charge in [0.05, 0.1) is 0 Å². The van der Waals surface area contributed by atoms with E-state index < -0.39 is 0 Å². The molecule has 0 spiro atoms. The molecule has 0 aliphatic rings. The second-order valence-corrected chi connectivity index (χ2v) is 4.43. The van der Waals surface area contributed by atoms with Crippen LogP contribution in [0.25, 0.3) is 0 Å². The van der Waals surface area contributed by atoms with Gasteiger partial charge in [-0.2, -0.15) is 0 Å². The third-order valence-electron chi connectivity index (χ3n) is 2.37. The van der Waals surface area contributed by atoms with Gasteiger partial charge in [0.25, 0.3) is 0 Å². The number of amides is 1. The maximum Gasteiger partial charge on any atom is 0.226 e. The molecule has 0 aliphatic carbocycles. The standard InChI is InChI=1S/C13H19N3O2/c1-8(2)13(17)16-11-5-4-10(6-9(11)3)18-7-12(14)15/h4-6,8H,7H2,1-3H3,(H3,14,15)(H,16,17). The minimum Gasteiger partial charge on any atom is -0.486 e. The SMILES string of the molecule is Cc1cc(OCC(=N)N)ccc1NC(=O)C(C)C. The van der Waals surface area contributed by atoms with Crippen LogP contribution in [0.1, 0.15) is 19.4 Å². The van der Waals surface area contributed by atoms with Gasteiger partial charge in [0.2, 0.25) is 5.91 Å². The molecule has 18 heavy (non-hydrogen) atoms. The van der Waals surface area contributed by atoms with E-state index in [9.17, 15) is 4.79 Å². The summed E-state index contributed by atoms with van der Waals surface area (Å²) in [6.45, 7) is 5.64. The fourth-order valence-corrected chi connectivity index (χ4v) is 1.30. The van der Waals surface area contributed by atoms with Crippen LogP contribution in [0.4, 0.5) is 5.69 Å². The molecule has 0 aliphatic heterocycles. The smallest absolute Gasteiger partial charge is 0.226 e. The Balaban J connectivity index is 2.73. The quantitative estimate of drug-likeness (QED) is 0.550. The van der Waals surface area contributed by atoms with Crippen molar-refractivity contribution in [2.45, 2.75) is 20.8 Å². The first kappa shape index (κ1) is 14.0. The van der Waals surface area contributed by atoms with E-state index in [0.717, 1.165) is 11.3 Å². The van der Waals surface area contributed by atoms with E-state index >= 15 is 0 Å². The monoisotopic (exact) mass is 249 g/mol. The van der Waals surface area contributed by atoms with E-state index in [1.54, 1.807) is 18.2 Å². The van der Waals surface area contributed by atoms with Gasteiger partial charge in [-0.25, -0.2) is 0 Å². The van der Waals surface area contributed by atoms with Gasteiger partial charge in [-0.15, -0.1) is 0 Å². The highest BCUT2D eigenvalue weighted by atomic mass is 16.5. The fraction of sp³-hybridized carbons (Fsp3) is 0.385. The van der Waals surface area contributed by atoms with Crippen molar-refractivity contribution in [1.82, 2.24) is 0 Å². The molecule has 0 atom stereocenters. The van der Waals surface area contributed by atoms with Crippen LogP contribution in [0, 0.1) is 18.3 Å². The minimum absolute atomic E-state index is 0.0181. The lowest BCUT2D eigenvalue weighted by Crippen LogP contribution is -2.19. The minimum atomic E-state index is -0.0574. The largest absolute Gasteiger partial charge is 0.486 e. The average Bonchev–Trinajstić information content (AvgIpc) is 2.29. The predicted octanol–water partition coefficient (Wildman–Crippen LogP) is 1.90. The summed E-state index contributed by atoms with van der Waals surface area (Å²) in [5.41, 5.74) is 6.88. The van der Waals surface area contributed by atoms with E-state index in [1.165, 1.54) is 0 Å². The van der Waals surface area contributed by atoms with Crippen LogP contribution in [-0.2, 0) is 4.79 Å². The highest BCUT2D eigenvalue weighted by Crippen LogP contribution is 2.21. The molecular weight excluding hydrogens is 230 g/mol. The number of aryl methyl sites for hydroxylation is 1. The highest BCUT2D eigenvalue weighted by Gasteiger charge is 2.09. The van der Waals surface area contributed by atoms with E-state index in [2.05, 4.69) is 5.32 Å². The molecular formula is C13H19N3O2. The Morgan fingerprint density at radius 1 is 1.50 bits per heavy atom. The Bertz CT molecular complexity index is 456. The van der Waals surface area contributed by atoms with Crippen LogP contribution in [0.15, 0.2) is 18.2 Å². The molecule has 0 bridgehead atoms. The molecule has 0 fully saturated rings. The molecule has 0 heterocycles. The molecule has 98 valence electrons. The number of hydrogen-bond donors (Lipinski definition) is 3. The molecule has 0 aromatic heterocycles. The van der Waals surface area contributed by atoms with Gasteiger partial charge in [0, 0.05) is 11.6 Å². The Morgan fingerprint density at radius 2 is 2.17 bits per heavy atom. The van der Waals surface area contributed by atoms with Crippen molar-refractivity contribution in [2.24, 2.45) is 11.7 Å². The molecule has 5 heteroatoms. The Morgan fingerprint density at radius 3 is 2.67 bits per heavy atom. The highest BCUT2D eigenvalue weighted by molar-refractivity contribution is 5.92. The number of rotatable bonds is 5. The molecule has 1 aromatic rings. The van der Waals surface area contributed by atoms with Gasteiger partial charge in [-0.05, 0) is 30.7 Å². The van der Waals surface area contributed by atoms with Crippen molar-refractivity contribution in [3.05, 3.63) is 23.8 Å². The normalized spacial score (nSPS) is 10.2. The van der Waals surface area contributed by atoms with Crippen molar-refractivity contribution >= 4 is 17.4 Å². The van der Waals surface area contributed by atoms with E-state index in [4.69, 9.17) is 15.9 Å². The summed E-state index contributed by atoms with van der Waals surface area (Å²) in [7, 11) is 0. The zero-order valence-corrected chi connectivity index (χ0v) is 10.9. The van der Waals surface area contributed by atoms with Gasteiger partial charge in [-0.1, -0.05) is 13.8 Å². The summed E-state index contributed by atoms with van der Waals surface area (Å²) in [6.07, 6.45) is 0. The van der Waals surface area contributed by atoms with Crippen molar-refractivity contribution in [1.29, 1.82) is 5.41 Å². The number of carbonyl (C=O) groups excluding carboxylic acids is 1. The summed E-state index contributed by atoms with van der Waals surface area (Å²) in [6, 6.07) is 5.33. The molecule has 0 radical (unpaired) electrons.